The molecule has 0 radical (unpaired) electrons. The maximum atomic E-state index is 12.3. The smallest absolute Gasteiger partial charge is 0.318 e. The number of hydrogen-bond acceptors (Lipinski definition) is 5. The number of hydrogen-bond donors (Lipinski definition) is 0. The van der Waals surface area contributed by atoms with E-state index in [0.29, 0.717) is 24.5 Å². The van der Waals surface area contributed by atoms with E-state index in [-0.39, 0.29) is 5.91 Å². The van der Waals surface area contributed by atoms with Gasteiger partial charge < -0.3 is 14.2 Å². The van der Waals surface area contributed by atoms with Crippen LogP contribution in [0.2, 0.25) is 0 Å². The summed E-state index contributed by atoms with van der Waals surface area (Å²) in [7, 11) is 0. The fourth-order valence-electron chi connectivity index (χ4n) is 3.14. The second kappa shape index (κ2) is 5.81. The number of rotatable bonds is 4. The van der Waals surface area contributed by atoms with Crippen molar-refractivity contribution in [3.8, 4) is 0 Å². The molecule has 6 heteroatoms. The average Bonchev–Trinajstić information content (AvgIpc) is 3.10. The third-order valence-corrected chi connectivity index (χ3v) is 4.21. The lowest BCUT2D eigenvalue weighted by Crippen LogP contribution is -2.53. The van der Waals surface area contributed by atoms with Crippen LogP contribution in [-0.4, -0.2) is 46.7 Å². The summed E-state index contributed by atoms with van der Waals surface area (Å²) >= 11 is 0. The van der Waals surface area contributed by atoms with Crippen LogP contribution in [0.15, 0.2) is 4.42 Å². The molecule has 2 aliphatic rings. The van der Waals surface area contributed by atoms with E-state index in [0.717, 1.165) is 38.8 Å². The van der Waals surface area contributed by atoms with E-state index in [4.69, 9.17) is 4.42 Å². The van der Waals surface area contributed by atoms with Gasteiger partial charge in [0, 0.05) is 25.6 Å². The van der Waals surface area contributed by atoms with Crippen LogP contribution in [0.3, 0.4) is 0 Å². The zero-order valence-corrected chi connectivity index (χ0v) is 12.0. The van der Waals surface area contributed by atoms with Crippen LogP contribution in [0, 0.1) is 0 Å². The minimum absolute atomic E-state index is 0.193. The minimum Gasteiger partial charge on any atom is -0.408 e. The minimum atomic E-state index is 0.193. The zero-order chi connectivity index (χ0) is 13.9. The fourth-order valence-corrected chi connectivity index (χ4v) is 3.14. The first-order chi connectivity index (χ1) is 9.78. The lowest BCUT2D eigenvalue weighted by atomic mass is 10.2. The second-order valence-electron chi connectivity index (χ2n) is 5.68. The highest BCUT2D eigenvalue weighted by molar-refractivity contribution is 5.82. The number of carbonyl (C=O) groups is 1. The Balaban J connectivity index is 1.62. The Kier molecular flexibility index (Phi) is 3.89. The molecule has 1 saturated heterocycles. The first-order valence-corrected chi connectivity index (χ1v) is 7.64. The first kappa shape index (κ1) is 13.4. The van der Waals surface area contributed by atoms with Crippen molar-refractivity contribution in [2.45, 2.75) is 51.5 Å². The molecule has 0 atom stereocenters. The van der Waals surface area contributed by atoms with Gasteiger partial charge in [-0.15, -0.1) is 5.10 Å². The van der Waals surface area contributed by atoms with E-state index in [1.54, 1.807) is 0 Å². The van der Waals surface area contributed by atoms with Gasteiger partial charge >= 0.3 is 6.01 Å². The van der Waals surface area contributed by atoms with Gasteiger partial charge in [0.2, 0.25) is 11.8 Å². The molecule has 1 aliphatic carbocycles. The Morgan fingerprint density at radius 2 is 2.05 bits per heavy atom. The van der Waals surface area contributed by atoms with Gasteiger partial charge in [0.15, 0.2) is 0 Å². The molecule has 1 aliphatic heterocycles. The summed E-state index contributed by atoms with van der Waals surface area (Å²) in [6.07, 6.45) is 6.60. The highest BCUT2D eigenvalue weighted by atomic mass is 16.4. The summed E-state index contributed by atoms with van der Waals surface area (Å²) in [5.74, 6) is 0.853. The van der Waals surface area contributed by atoms with Crippen molar-refractivity contribution in [2.75, 3.05) is 24.5 Å². The van der Waals surface area contributed by atoms with Crippen molar-refractivity contribution >= 4 is 11.9 Å². The zero-order valence-electron chi connectivity index (χ0n) is 12.0. The highest BCUT2D eigenvalue weighted by Crippen LogP contribution is 2.26. The lowest BCUT2D eigenvalue weighted by Gasteiger charge is -2.36. The highest BCUT2D eigenvalue weighted by Gasteiger charge is 2.32. The van der Waals surface area contributed by atoms with Gasteiger partial charge in [0.05, 0.1) is 0 Å². The molecule has 1 amide bonds. The fraction of sp³-hybridized carbons (Fsp3) is 0.786. The Labute approximate surface area is 119 Å². The predicted molar refractivity (Wildman–Crippen MR) is 74.5 cm³/mol. The summed E-state index contributed by atoms with van der Waals surface area (Å²) in [5.41, 5.74) is 0. The summed E-state index contributed by atoms with van der Waals surface area (Å²) in [6, 6.07) is 0.954. The van der Waals surface area contributed by atoms with Crippen LogP contribution in [0.5, 0.6) is 0 Å². The summed E-state index contributed by atoms with van der Waals surface area (Å²) < 4.78 is 5.61. The maximum absolute atomic E-state index is 12.3. The summed E-state index contributed by atoms with van der Waals surface area (Å²) in [4.78, 5) is 16.2. The summed E-state index contributed by atoms with van der Waals surface area (Å²) in [6.45, 7) is 4.00. The van der Waals surface area contributed by atoms with Gasteiger partial charge in [-0.25, -0.2) is 0 Å². The number of amides is 1. The molecule has 1 aromatic rings. The average molecular weight is 278 g/mol. The molecule has 2 fully saturated rings. The third-order valence-electron chi connectivity index (χ3n) is 4.21. The molecule has 6 nitrogen and oxygen atoms in total. The number of piperazine rings is 1. The van der Waals surface area contributed by atoms with Crippen LogP contribution < -0.4 is 4.90 Å². The van der Waals surface area contributed by atoms with Crippen LogP contribution in [-0.2, 0) is 11.2 Å². The summed E-state index contributed by atoms with van der Waals surface area (Å²) in [5, 5.41) is 8.07. The van der Waals surface area contributed by atoms with Crippen molar-refractivity contribution in [1.29, 1.82) is 0 Å². The van der Waals surface area contributed by atoms with Crippen LogP contribution in [0.1, 0.15) is 44.9 Å². The predicted octanol–water partition coefficient (Wildman–Crippen LogP) is 1.61. The molecular weight excluding hydrogens is 256 g/mol. The van der Waals surface area contributed by atoms with Gasteiger partial charge in [-0.1, -0.05) is 24.9 Å². The molecule has 1 aromatic heterocycles. The lowest BCUT2D eigenvalue weighted by molar-refractivity contribution is -0.133. The van der Waals surface area contributed by atoms with Crippen molar-refractivity contribution in [3.63, 3.8) is 0 Å². The molecule has 20 heavy (non-hydrogen) atoms. The number of nitrogens with zero attached hydrogens (tertiary/aromatic N) is 4. The Morgan fingerprint density at radius 3 is 2.75 bits per heavy atom. The van der Waals surface area contributed by atoms with Gasteiger partial charge in [0.25, 0.3) is 0 Å². The van der Waals surface area contributed by atoms with Gasteiger partial charge in [-0.3, -0.25) is 4.79 Å². The van der Waals surface area contributed by atoms with Crippen molar-refractivity contribution < 1.29 is 9.21 Å². The number of aryl methyl sites for hydroxylation is 1. The van der Waals surface area contributed by atoms with Crippen molar-refractivity contribution in [2.24, 2.45) is 0 Å². The molecule has 0 aromatic carbocycles. The molecule has 1 saturated carbocycles. The standard InChI is InChI=1S/C14H22N4O2/c1-2-5-12-15-16-14(20-12)17-8-9-18(13(19)10-17)11-6-3-4-7-11/h11H,2-10H2,1H3. The van der Waals surface area contributed by atoms with Crippen LogP contribution in [0.4, 0.5) is 6.01 Å². The van der Waals surface area contributed by atoms with E-state index in [2.05, 4.69) is 17.1 Å². The maximum Gasteiger partial charge on any atom is 0.318 e. The Morgan fingerprint density at radius 1 is 1.25 bits per heavy atom. The number of aromatic nitrogens is 2. The molecule has 0 bridgehead atoms. The largest absolute Gasteiger partial charge is 0.408 e. The molecule has 3 rings (SSSR count). The van der Waals surface area contributed by atoms with Crippen molar-refractivity contribution in [1.82, 2.24) is 15.1 Å². The molecule has 0 N–H and O–H groups in total. The van der Waals surface area contributed by atoms with Gasteiger partial charge in [-0.2, -0.15) is 0 Å². The third kappa shape index (κ3) is 2.64. The Hall–Kier alpha value is -1.59. The van der Waals surface area contributed by atoms with E-state index >= 15 is 0 Å². The molecular formula is C14H22N4O2. The van der Waals surface area contributed by atoms with E-state index in [1.807, 2.05) is 9.80 Å². The topological polar surface area (TPSA) is 62.5 Å². The first-order valence-electron chi connectivity index (χ1n) is 7.64. The van der Waals surface area contributed by atoms with Crippen LogP contribution >= 0.6 is 0 Å². The molecule has 2 heterocycles. The Bertz CT molecular complexity index is 467. The quantitative estimate of drug-likeness (QED) is 0.837. The number of anilines is 1. The normalized spacial score (nSPS) is 20.9. The SMILES string of the molecule is CCCc1nnc(N2CCN(C3CCCC3)C(=O)C2)o1. The van der Waals surface area contributed by atoms with E-state index in [9.17, 15) is 4.79 Å². The molecule has 0 spiro atoms. The van der Waals surface area contributed by atoms with Crippen LogP contribution in [0.25, 0.3) is 0 Å². The van der Waals surface area contributed by atoms with Crippen molar-refractivity contribution in [3.05, 3.63) is 5.89 Å². The van der Waals surface area contributed by atoms with Gasteiger partial charge in [0.1, 0.15) is 6.54 Å². The van der Waals surface area contributed by atoms with Gasteiger partial charge in [-0.05, 0) is 19.3 Å². The molecule has 110 valence electrons. The molecule has 0 unspecified atom stereocenters. The monoisotopic (exact) mass is 278 g/mol. The van der Waals surface area contributed by atoms with E-state index in [1.165, 1.54) is 12.8 Å². The van der Waals surface area contributed by atoms with E-state index < -0.39 is 0 Å². The second-order valence-corrected chi connectivity index (χ2v) is 5.68. The number of carbonyl (C=O) groups excluding carboxylic acids is 1.